The summed E-state index contributed by atoms with van der Waals surface area (Å²) in [5, 5.41) is 3.24. The molecule has 1 aliphatic rings. The summed E-state index contributed by atoms with van der Waals surface area (Å²) in [6, 6.07) is 3.09. The van der Waals surface area contributed by atoms with Gasteiger partial charge in [0.1, 0.15) is 11.3 Å². The van der Waals surface area contributed by atoms with Gasteiger partial charge in [-0.05, 0) is 0 Å². The highest BCUT2D eigenvalue weighted by atomic mass is 19.1. The fourth-order valence-corrected chi connectivity index (χ4v) is 2.30. The lowest BCUT2D eigenvalue weighted by molar-refractivity contribution is -0.285. The molecule has 1 saturated heterocycles. The zero-order valence-electron chi connectivity index (χ0n) is 11.2. The molecule has 3 rings (SSSR count). The van der Waals surface area contributed by atoms with Gasteiger partial charge in [-0.15, -0.1) is 0 Å². The first-order valence-corrected chi connectivity index (χ1v) is 6.48. The van der Waals surface area contributed by atoms with E-state index in [4.69, 9.17) is 9.30 Å². The van der Waals surface area contributed by atoms with E-state index in [1.54, 1.807) is 6.07 Å². The van der Waals surface area contributed by atoms with Gasteiger partial charge in [-0.2, -0.15) is 0 Å². The molecule has 7 heteroatoms. The zero-order chi connectivity index (χ0) is 13.9. The maximum atomic E-state index is 14.2. The predicted octanol–water partition coefficient (Wildman–Crippen LogP) is 1.45. The number of hydrogen-bond donors (Lipinski definition) is 1. The number of piperazine rings is 1. The second-order valence-electron chi connectivity index (χ2n) is 4.54. The van der Waals surface area contributed by atoms with E-state index in [9.17, 15) is 4.39 Å². The largest absolute Gasteiger partial charge is 0.438 e. The lowest BCUT2D eigenvalue weighted by atomic mass is 10.2. The van der Waals surface area contributed by atoms with Crippen molar-refractivity contribution in [2.45, 2.75) is 6.61 Å². The molecule has 108 valence electrons. The Morgan fingerprint density at radius 2 is 2.20 bits per heavy atom. The highest BCUT2D eigenvalue weighted by Gasteiger charge is 2.17. The second-order valence-corrected chi connectivity index (χ2v) is 4.54. The molecule has 0 amide bonds. The molecule has 1 aromatic carbocycles. The molecule has 20 heavy (non-hydrogen) atoms. The Morgan fingerprint density at radius 1 is 1.40 bits per heavy atom. The number of rotatable bonds is 4. The Hall–Kier alpha value is -1.70. The van der Waals surface area contributed by atoms with E-state index >= 15 is 0 Å². The molecule has 2 aromatic rings. The highest BCUT2D eigenvalue weighted by Crippen LogP contribution is 2.27. The molecule has 1 N–H and O–H groups in total. The summed E-state index contributed by atoms with van der Waals surface area (Å²) in [5.41, 5.74) is 1.58. The topological polar surface area (TPSA) is 59.8 Å². The number of halogens is 1. The number of oxazole rings is 1. The van der Waals surface area contributed by atoms with Crippen LogP contribution in [0.15, 0.2) is 16.5 Å². The van der Waals surface area contributed by atoms with Crippen molar-refractivity contribution in [2.75, 3.05) is 38.2 Å². The number of fused-ring (bicyclic) bond motifs is 1. The van der Waals surface area contributed by atoms with Crippen LogP contribution in [0.5, 0.6) is 0 Å². The van der Waals surface area contributed by atoms with Crippen LogP contribution in [0.1, 0.15) is 5.89 Å². The smallest absolute Gasteiger partial charge is 0.224 e. The van der Waals surface area contributed by atoms with E-state index in [1.807, 2.05) is 4.90 Å². The van der Waals surface area contributed by atoms with Crippen molar-refractivity contribution in [3.63, 3.8) is 0 Å². The van der Waals surface area contributed by atoms with Gasteiger partial charge in [-0.3, -0.25) is 0 Å². The van der Waals surface area contributed by atoms with Crippen molar-refractivity contribution in [3.8, 4) is 0 Å². The molecule has 0 atom stereocenters. The summed E-state index contributed by atoms with van der Waals surface area (Å²) >= 11 is 0. The minimum absolute atomic E-state index is 0.0930. The molecule has 2 heterocycles. The molecule has 1 fully saturated rings. The highest BCUT2D eigenvalue weighted by molar-refractivity contribution is 5.78. The van der Waals surface area contributed by atoms with Gasteiger partial charge < -0.3 is 14.6 Å². The normalized spacial score (nSPS) is 16.0. The van der Waals surface area contributed by atoms with Crippen LogP contribution < -0.4 is 10.2 Å². The van der Waals surface area contributed by atoms with Crippen molar-refractivity contribution in [3.05, 3.63) is 23.8 Å². The molecule has 0 spiro atoms. The van der Waals surface area contributed by atoms with Crippen molar-refractivity contribution in [2.24, 2.45) is 0 Å². The number of nitrogens with zero attached hydrogens (tertiary/aromatic N) is 2. The van der Waals surface area contributed by atoms with Gasteiger partial charge in [0.25, 0.3) is 0 Å². The van der Waals surface area contributed by atoms with Crippen LogP contribution in [0, 0.1) is 5.82 Å². The molecule has 6 nitrogen and oxygen atoms in total. The first-order chi connectivity index (χ1) is 9.78. The van der Waals surface area contributed by atoms with Crippen molar-refractivity contribution >= 4 is 16.8 Å². The zero-order valence-corrected chi connectivity index (χ0v) is 11.2. The fraction of sp³-hybridized carbons (Fsp3) is 0.462. The lowest BCUT2D eigenvalue weighted by Crippen LogP contribution is -2.43. The SMILES string of the molecule is COOCc1nc2cc(F)c(N3CCNCC3)cc2o1. The second kappa shape index (κ2) is 5.74. The third-order valence-corrected chi connectivity index (χ3v) is 3.26. The average molecular weight is 281 g/mol. The Kier molecular flexibility index (Phi) is 3.81. The van der Waals surface area contributed by atoms with Gasteiger partial charge in [-0.1, -0.05) is 0 Å². The lowest BCUT2D eigenvalue weighted by Gasteiger charge is -2.29. The molecule has 0 unspecified atom stereocenters. The molecular weight excluding hydrogens is 265 g/mol. The number of benzene rings is 1. The quantitative estimate of drug-likeness (QED) is 0.676. The summed E-state index contributed by atoms with van der Waals surface area (Å²) in [6.07, 6.45) is 0. The molecule has 0 saturated carbocycles. The number of aromatic nitrogens is 1. The van der Waals surface area contributed by atoms with E-state index in [1.165, 1.54) is 13.2 Å². The van der Waals surface area contributed by atoms with Crippen molar-refractivity contribution in [1.29, 1.82) is 0 Å². The van der Waals surface area contributed by atoms with Crippen LogP contribution in [-0.2, 0) is 16.4 Å². The van der Waals surface area contributed by atoms with Gasteiger partial charge in [0.05, 0.1) is 12.8 Å². The molecule has 0 radical (unpaired) electrons. The van der Waals surface area contributed by atoms with Crippen LogP contribution in [0.4, 0.5) is 10.1 Å². The Labute approximate surface area is 115 Å². The molecule has 1 aromatic heterocycles. The molecular formula is C13H16FN3O3. The maximum Gasteiger partial charge on any atom is 0.224 e. The third-order valence-electron chi connectivity index (χ3n) is 3.26. The van der Waals surface area contributed by atoms with E-state index in [0.29, 0.717) is 22.7 Å². The number of nitrogens with one attached hydrogen (secondary N) is 1. The Balaban J connectivity index is 1.91. The minimum atomic E-state index is -0.285. The Bertz CT molecular complexity index is 596. The van der Waals surface area contributed by atoms with E-state index < -0.39 is 0 Å². The summed E-state index contributed by atoms with van der Waals surface area (Å²) < 4.78 is 19.7. The monoisotopic (exact) mass is 281 g/mol. The maximum absolute atomic E-state index is 14.2. The van der Waals surface area contributed by atoms with Crippen LogP contribution in [-0.4, -0.2) is 38.3 Å². The van der Waals surface area contributed by atoms with Gasteiger partial charge in [0, 0.05) is 38.3 Å². The van der Waals surface area contributed by atoms with E-state index in [0.717, 1.165) is 26.2 Å². The molecule has 0 aliphatic carbocycles. The first-order valence-electron chi connectivity index (χ1n) is 6.48. The van der Waals surface area contributed by atoms with Crippen LogP contribution in [0.25, 0.3) is 11.1 Å². The summed E-state index contributed by atoms with van der Waals surface area (Å²) in [6.45, 7) is 3.34. The van der Waals surface area contributed by atoms with E-state index in [-0.39, 0.29) is 12.4 Å². The predicted molar refractivity (Wildman–Crippen MR) is 70.8 cm³/mol. The number of hydrogen-bond acceptors (Lipinski definition) is 6. The summed E-state index contributed by atoms with van der Waals surface area (Å²) in [5.74, 6) is 0.0746. The summed E-state index contributed by atoms with van der Waals surface area (Å²) in [4.78, 5) is 15.4. The van der Waals surface area contributed by atoms with Crippen molar-refractivity contribution in [1.82, 2.24) is 10.3 Å². The van der Waals surface area contributed by atoms with Crippen LogP contribution >= 0.6 is 0 Å². The first kappa shape index (κ1) is 13.3. The van der Waals surface area contributed by atoms with E-state index in [2.05, 4.69) is 15.2 Å². The fourth-order valence-electron chi connectivity index (χ4n) is 2.30. The third kappa shape index (κ3) is 2.60. The van der Waals surface area contributed by atoms with Gasteiger partial charge in [0.2, 0.25) is 5.89 Å². The summed E-state index contributed by atoms with van der Waals surface area (Å²) in [7, 11) is 1.41. The average Bonchev–Trinajstić information content (AvgIpc) is 2.86. The van der Waals surface area contributed by atoms with Crippen molar-refractivity contribution < 1.29 is 18.6 Å². The Morgan fingerprint density at radius 3 is 2.95 bits per heavy atom. The molecule has 1 aliphatic heterocycles. The number of anilines is 1. The van der Waals surface area contributed by atoms with Crippen LogP contribution in [0.3, 0.4) is 0 Å². The minimum Gasteiger partial charge on any atom is -0.438 e. The van der Waals surface area contributed by atoms with Gasteiger partial charge in [0.15, 0.2) is 12.2 Å². The van der Waals surface area contributed by atoms with Crippen LogP contribution in [0.2, 0.25) is 0 Å². The van der Waals surface area contributed by atoms with Gasteiger partial charge >= 0.3 is 0 Å². The van der Waals surface area contributed by atoms with Gasteiger partial charge in [-0.25, -0.2) is 19.1 Å². The molecule has 0 bridgehead atoms. The standard InChI is InChI=1S/C13H16FN3O3/c1-18-19-8-13-16-10-6-9(14)11(7-12(10)20-13)17-4-2-15-3-5-17/h6-7,15H,2-5,8H2,1H3.